The lowest BCUT2D eigenvalue weighted by Crippen LogP contribution is -2.18. The van der Waals surface area contributed by atoms with Crippen molar-refractivity contribution >= 4 is 17.8 Å². The van der Waals surface area contributed by atoms with Crippen LogP contribution in [0.5, 0.6) is 0 Å². The average molecular weight is 287 g/mol. The van der Waals surface area contributed by atoms with Gasteiger partial charge in [-0.15, -0.1) is 0 Å². The highest BCUT2D eigenvalue weighted by Crippen LogP contribution is 2.10. The van der Waals surface area contributed by atoms with Crippen molar-refractivity contribution in [2.24, 2.45) is 5.10 Å². The van der Waals surface area contributed by atoms with Gasteiger partial charge in [-0.05, 0) is 29.8 Å². The number of amides is 1. The molecule has 0 aliphatic heterocycles. The van der Waals surface area contributed by atoms with E-state index in [0.29, 0.717) is 5.56 Å². The zero-order valence-electron chi connectivity index (χ0n) is 10.7. The predicted octanol–water partition coefficient (Wildman–Crippen LogP) is 2.50. The third kappa shape index (κ3) is 3.69. The highest BCUT2D eigenvalue weighted by molar-refractivity contribution is 5.95. The lowest BCUT2D eigenvalue weighted by Gasteiger charge is -2.00. The molecule has 0 saturated carbocycles. The summed E-state index contributed by atoms with van der Waals surface area (Å²) in [6.07, 6.45) is 1.31. The molecule has 2 aromatic carbocycles. The van der Waals surface area contributed by atoms with Gasteiger partial charge in [0, 0.05) is 12.1 Å². The molecule has 1 N–H and O–H groups in total. The normalized spacial score (nSPS) is 10.5. The molecule has 6 nitrogen and oxygen atoms in total. The van der Waals surface area contributed by atoms with Gasteiger partial charge in [-0.25, -0.2) is 9.82 Å². The van der Waals surface area contributed by atoms with Crippen molar-refractivity contribution in [1.82, 2.24) is 5.43 Å². The number of halogens is 1. The first-order valence-electron chi connectivity index (χ1n) is 5.90. The molecule has 0 fully saturated rings. The van der Waals surface area contributed by atoms with Gasteiger partial charge in [0.2, 0.25) is 0 Å². The van der Waals surface area contributed by atoms with Gasteiger partial charge in [-0.3, -0.25) is 14.9 Å². The summed E-state index contributed by atoms with van der Waals surface area (Å²) >= 11 is 0. The Labute approximate surface area is 119 Å². The summed E-state index contributed by atoms with van der Waals surface area (Å²) in [5, 5.41) is 14.2. The molecule has 0 aliphatic carbocycles. The second-order valence-corrected chi connectivity index (χ2v) is 4.03. The van der Waals surface area contributed by atoms with Crippen molar-refractivity contribution < 1.29 is 14.1 Å². The van der Waals surface area contributed by atoms with E-state index in [9.17, 15) is 19.3 Å². The number of carbonyl (C=O) groups is 1. The molecular formula is C14H10FN3O3. The number of non-ortho nitro benzene ring substituents is 1. The van der Waals surface area contributed by atoms with E-state index in [0.717, 1.165) is 0 Å². The summed E-state index contributed by atoms with van der Waals surface area (Å²) in [5.41, 5.74) is 2.59. The van der Waals surface area contributed by atoms with Crippen molar-refractivity contribution in [2.45, 2.75) is 0 Å². The first-order chi connectivity index (χ1) is 10.1. The van der Waals surface area contributed by atoms with Crippen molar-refractivity contribution in [3.8, 4) is 0 Å². The molecule has 0 radical (unpaired) electrons. The van der Waals surface area contributed by atoms with Crippen LogP contribution in [-0.4, -0.2) is 17.0 Å². The Bertz CT molecular complexity index is 699. The maximum Gasteiger partial charge on any atom is 0.274 e. The number of nitro benzene ring substituents is 1. The van der Waals surface area contributed by atoms with Crippen LogP contribution < -0.4 is 5.43 Å². The summed E-state index contributed by atoms with van der Waals surface area (Å²) in [6, 6.07) is 11.1. The van der Waals surface area contributed by atoms with Crippen LogP contribution in [0.25, 0.3) is 0 Å². The largest absolute Gasteiger partial charge is 0.274 e. The van der Waals surface area contributed by atoms with Gasteiger partial charge in [0.05, 0.1) is 16.7 Å². The lowest BCUT2D eigenvalue weighted by atomic mass is 10.2. The average Bonchev–Trinajstić information content (AvgIpc) is 2.48. The van der Waals surface area contributed by atoms with Crippen LogP contribution in [0, 0.1) is 15.9 Å². The van der Waals surface area contributed by atoms with Crippen LogP contribution in [0.15, 0.2) is 53.6 Å². The molecule has 21 heavy (non-hydrogen) atoms. The maximum atomic E-state index is 13.3. The van der Waals surface area contributed by atoms with Gasteiger partial charge in [0.15, 0.2) is 0 Å². The fourth-order valence-electron chi connectivity index (χ4n) is 1.55. The van der Waals surface area contributed by atoms with Crippen LogP contribution in [0.2, 0.25) is 0 Å². The van der Waals surface area contributed by atoms with Crippen molar-refractivity contribution in [3.05, 3.63) is 75.6 Å². The Hall–Kier alpha value is -3.09. The third-order valence-corrected chi connectivity index (χ3v) is 2.60. The van der Waals surface area contributed by atoms with Gasteiger partial charge in [0.1, 0.15) is 5.82 Å². The van der Waals surface area contributed by atoms with Crippen LogP contribution >= 0.6 is 0 Å². The molecule has 0 unspecified atom stereocenters. The third-order valence-electron chi connectivity index (χ3n) is 2.60. The number of nitro groups is 1. The van der Waals surface area contributed by atoms with E-state index in [4.69, 9.17) is 0 Å². The quantitative estimate of drug-likeness (QED) is 0.532. The molecule has 0 heterocycles. The highest BCUT2D eigenvalue weighted by atomic mass is 19.1. The molecule has 0 spiro atoms. The van der Waals surface area contributed by atoms with E-state index in [-0.39, 0.29) is 11.3 Å². The smallest absolute Gasteiger partial charge is 0.267 e. The summed E-state index contributed by atoms with van der Waals surface area (Å²) in [7, 11) is 0. The second kappa shape index (κ2) is 6.38. The minimum absolute atomic E-state index is 0.0393. The summed E-state index contributed by atoms with van der Waals surface area (Å²) < 4.78 is 13.3. The van der Waals surface area contributed by atoms with Gasteiger partial charge >= 0.3 is 0 Å². The van der Waals surface area contributed by atoms with Gasteiger partial charge < -0.3 is 0 Å². The number of hydrogen-bond acceptors (Lipinski definition) is 4. The summed E-state index contributed by atoms with van der Waals surface area (Å²) in [4.78, 5) is 21.6. The number of nitrogens with zero attached hydrogens (tertiary/aromatic N) is 2. The number of benzene rings is 2. The van der Waals surface area contributed by atoms with Crippen molar-refractivity contribution in [1.29, 1.82) is 0 Å². The highest BCUT2D eigenvalue weighted by Gasteiger charge is 2.09. The molecule has 2 aromatic rings. The first kappa shape index (κ1) is 14.3. The molecule has 0 bridgehead atoms. The monoisotopic (exact) mass is 287 g/mol. The molecule has 2 rings (SSSR count). The molecule has 0 aliphatic rings. The van der Waals surface area contributed by atoms with Crippen LogP contribution in [0.4, 0.5) is 10.1 Å². The van der Waals surface area contributed by atoms with Gasteiger partial charge in [-0.1, -0.05) is 12.1 Å². The first-order valence-corrected chi connectivity index (χ1v) is 5.90. The van der Waals surface area contributed by atoms with Gasteiger partial charge in [-0.2, -0.15) is 5.10 Å². The molecule has 1 amide bonds. The second-order valence-electron chi connectivity index (χ2n) is 4.03. The lowest BCUT2D eigenvalue weighted by molar-refractivity contribution is -0.384. The summed E-state index contributed by atoms with van der Waals surface area (Å²) in [5.74, 6) is -1.31. The van der Waals surface area contributed by atoms with E-state index in [1.807, 2.05) is 0 Å². The van der Waals surface area contributed by atoms with Gasteiger partial charge in [0.25, 0.3) is 11.6 Å². The van der Waals surface area contributed by atoms with E-state index in [1.54, 1.807) is 0 Å². The molecule has 106 valence electrons. The fourth-order valence-corrected chi connectivity index (χ4v) is 1.55. The minimum atomic E-state index is -0.675. The zero-order valence-corrected chi connectivity index (χ0v) is 10.7. The Balaban J connectivity index is 2.01. The molecule has 0 aromatic heterocycles. The van der Waals surface area contributed by atoms with Crippen molar-refractivity contribution in [2.75, 3.05) is 0 Å². The molecule has 7 heteroatoms. The maximum absolute atomic E-state index is 13.3. The Morgan fingerprint density at radius 3 is 2.48 bits per heavy atom. The molecule has 0 saturated heterocycles. The zero-order chi connectivity index (χ0) is 15.2. The topological polar surface area (TPSA) is 84.6 Å². The SMILES string of the molecule is O=C(NN=Cc1ccc([N+](=O)[O-])cc1)c1ccccc1F. The standard InChI is InChI=1S/C14H10FN3O3/c15-13-4-2-1-3-12(13)14(19)17-16-9-10-5-7-11(8-6-10)18(20)21/h1-9H,(H,17,19). The Kier molecular flexibility index (Phi) is 4.35. The number of nitrogens with one attached hydrogen (secondary N) is 1. The van der Waals surface area contributed by atoms with E-state index in [1.165, 1.54) is 54.7 Å². The minimum Gasteiger partial charge on any atom is -0.267 e. The number of carbonyl (C=O) groups excluding carboxylic acids is 1. The van der Waals surface area contributed by atoms with Crippen LogP contribution in [0.1, 0.15) is 15.9 Å². The van der Waals surface area contributed by atoms with E-state index < -0.39 is 16.6 Å². The predicted molar refractivity (Wildman–Crippen MR) is 74.6 cm³/mol. The molecule has 0 atom stereocenters. The van der Waals surface area contributed by atoms with E-state index in [2.05, 4.69) is 10.5 Å². The van der Waals surface area contributed by atoms with Crippen LogP contribution in [0.3, 0.4) is 0 Å². The number of hydrogen-bond donors (Lipinski definition) is 1. The number of hydrazone groups is 1. The number of rotatable bonds is 4. The van der Waals surface area contributed by atoms with Crippen molar-refractivity contribution in [3.63, 3.8) is 0 Å². The van der Waals surface area contributed by atoms with E-state index >= 15 is 0 Å². The molecular weight excluding hydrogens is 277 g/mol. The van der Waals surface area contributed by atoms with Crippen LogP contribution in [-0.2, 0) is 0 Å². The fraction of sp³-hybridized carbons (Fsp3) is 0. The summed E-state index contributed by atoms with van der Waals surface area (Å²) in [6.45, 7) is 0. The Morgan fingerprint density at radius 1 is 1.19 bits per heavy atom. The Morgan fingerprint density at radius 2 is 1.86 bits per heavy atom.